The Balaban J connectivity index is 1.68. The third kappa shape index (κ3) is 3.72. The first kappa shape index (κ1) is 15.6. The van der Waals surface area contributed by atoms with Gasteiger partial charge in [-0.3, -0.25) is 4.79 Å². The lowest BCUT2D eigenvalue weighted by Gasteiger charge is -2.08. The molecule has 0 aliphatic carbocycles. The lowest BCUT2D eigenvalue weighted by Crippen LogP contribution is -2.21. The molecule has 2 heterocycles. The number of thiazole rings is 1. The largest absolute Gasteiger partial charge is 0.466 e. The summed E-state index contributed by atoms with van der Waals surface area (Å²) in [6.45, 7) is 2.22. The number of ether oxygens (including phenoxy) is 1. The molecule has 1 aromatic carbocycles. The van der Waals surface area contributed by atoms with E-state index in [9.17, 15) is 9.90 Å². The first-order valence-electron chi connectivity index (χ1n) is 7.23. The van der Waals surface area contributed by atoms with Gasteiger partial charge in [0.25, 0.3) is 0 Å². The summed E-state index contributed by atoms with van der Waals surface area (Å²) in [5, 5.41) is 18.0. The second-order valence-electron chi connectivity index (χ2n) is 5.02. The van der Waals surface area contributed by atoms with Crippen molar-refractivity contribution in [2.75, 3.05) is 6.61 Å². The maximum Gasteiger partial charge on any atom is 0.308 e. The zero-order chi connectivity index (χ0) is 16.2. The molecule has 0 aliphatic rings. The molecule has 0 saturated carbocycles. The highest BCUT2D eigenvalue weighted by molar-refractivity contribution is 7.16. The Bertz CT molecular complexity index is 814. The van der Waals surface area contributed by atoms with E-state index >= 15 is 0 Å². The summed E-state index contributed by atoms with van der Waals surface area (Å²) in [5.41, 5.74) is 4.33. The van der Waals surface area contributed by atoms with Gasteiger partial charge in [0, 0.05) is 5.56 Å². The van der Waals surface area contributed by atoms with Gasteiger partial charge in [-0.1, -0.05) is 11.3 Å². The van der Waals surface area contributed by atoms with Crippen LogP contribution in [0.25, 0.3) is 21.5 Å². The molecule has 0 aliphatic heterocycles. The highest BCUT2D eigenvalue weighted by Crippen LogP contribution is 2.24. The van der Waals surface area contributed by atoms with E-state index in [1.54, 1.807) is 30.0 Å². The van der Waals surface area contributed by atoms with Crippen LogP contribution in [0.4, 0.5) is 0 Å². The Morgan fingerprint density at radius 1 is 1.48 bits per heavy atom. The van der Waals surface area contributed by atoms with Crippen LogP contribution >= 0.6 is 11.3 Å². The Morgan fingerprint density at radius 3 is 3.17 bits per heavy atom. The van der Waals surface area contributed by atoms with Crippen molar-refractivity contribution in [2.45, 2.75) is 26.0 Å². The van der Waals surface area contributed by atoms with Crippen LogP contribution in [0.5, 0.6) is 0 Å². The molecule has 3 aromatic rings. The van der Waals surface area contributed by atoms with Crippen molar-refractivity contribution in [1.29, 1.82) is 0 Å². The predicted octanol–water partition coefficient (Wildman–Crippen LogP) is 1.87. The molecule has 120 valence electrons. The molecule has 0 amide bonds. The minimum absolute atomic E-state index is 0.0617. The number of aromatic nitrogens is 4. The average Bonchev–Trinajstić information content (AvgIpc) is 3.15. The zero-order valence-corrected chi connectivity index (χ0v) is 13.4. The van der Waals surface area contributed by atoms with Crippen molar-refractivity contribution < 1.29 is 14.6 Å². The quantitative estimate of drug-likeness (QED) is 0.693. The third-order valence-corrected chi connectivity index (χ3v) is 4.08. The highest BCUT2D eigenvalue weighted by atomic mass is 32.1. The van der Waals surface area contributed by atoms with Crippen molar-refractivity contribution in [1.82, 2.24) is 20.0 Å². The number of aliphatic hydroxyl groups excluding tert-OH is 1. The summed E-state index contributed by atoms with van der Waals surface area (Å²) in [5.74, 6) is -0.422. The number of carbonyl (C=O) groups excluding carboxylic acids is 1. The van der Waals surface area contributed by atoms with Crippen LogP contribution in [0.15, 0.2) is 29.9 Å². The number of benzene rings is 1. The Morgan fingerprint density at radius 2 is 2.35 bits per heavy atom. The number of hydrogen-bond donors (Lipinski definition) is 1. The third-order valence-electron chi connectivity index (χ3n) is 3.27. The first-order chi connectivity index (χ1) is 11.2. The summed E-state index contributed by atoms with van der Waals surface area (Å²) in [4.78, 5) is 15.6. The molecule has 0 bridgehead atoms. The smallest absolute Gasteiger partial charge is 0.308 e. The summed E-state index contributed by atoms with van der Waals surface area (Å²) in [6.07, 6.45) is 0.819. The molecule has 0 saturated heterocycles. The monoisotopic (exact) mass is 332 g/mol. The van der Waals surface area contributed by atoms with Gasteiger partial charge in [0.05, 0.1) is 47.6 Å². The first-order valence-corrected chi connectivity index (χ1v) is 8.11. The molecule has 7 nitrogen and oxygen atoms in total. The van der Waals surface area contributed by atoms with E-state index in [2.05, 4.69) is 15.3 Å². The standard InChI is InChI=1S/C15H16N4O3S/c1-2-22-15(21)6-11(20)7-19-8-13(17-18-19)10-3-4-14-12(5-10)16-9-23-14/h3-5,8-9,11,20H,2,6-7H2,1H3/t11-/m0/s1. The second-order valence-corrected chi connectivity index (χ2v) is 5.91. The van der Waals surface area contributed by atoms with Crippen molar-refractivity contribution in [3.05, 3.63) is 29.9 Å². The summed E-state index contributed by atoms with van der Waals surface area (Å²) in [6, 6.07) is 5.91. The molecule has 8 heteroatoms. The number of fused-ring (bicyclic) bond motifs is 1. The topological polar surface area (TPSA) is 90.1 Å². The second kappa shape index (κ2) is 6.84. The fourth-order valence-electron chi connectivity index (χ4n) is 2.23. The van der Waals surface area contributed by atoms with Crippen LogP contribution in [-0.2, 0) is 16.1 Å². The van der Waals surface area contributed by atoms with Gasteiger partial charge < -0.3 is 9.84 Å². The van der Waals surface area contributed by atoms with Crippen LogP contribution in [-0.4, -0.2) is 43.8 Å². The van der Waals surface area contributed by atoms with Crippen molar-refractivity contribution in [3.63, 3.8) is 0 Å². The van der Waals surface area contributed by atoms with Gasteiger partial charge >= 0.3 is 5.97 Å². The summed E-state index contributed by atoms with van der Waals surface area (Å²) >= 11 is 1.59. The van der Waals surface area contributed by atoms with E-state index in [0.29, 0.717) is 12.3 Å². The fourth-order valence-corrected chi connectivity index (χ4v) is 2.89. The summed E-state index contributed by atoms with van der Waals surface area (Å²) in [7, 11) is 0. The molecule has 1 atom stereocenters. The van der Waals surface area contributed by atoms with E-state index in [1.165, 1.54) is 4.68 Å². The number of nitrogens with zero attached hydrogens (tertiary/aromatic N) is 4. The van der Waals surface area contributed by atoms with Crippen LogP contribution in [0, 0.1) is 0 Å². The van der Waals surface area contributed by atoms with Crippen molar-refractivity contribution in [3.8, 4) is 11.3 Å². The number of rotatable bonds is 6. The Hall–Kier alpha value is -2.32. The predicted molar refractivity (Wildman–Crippen MR) is 85.9 cm³/mol. The number of hydrogen-bond acceptors (Lipinski definition) is 7. The Kier molecular flexibility index (Phi) is 4.63. The van der Waals surface area contributed by atoms with Crippen LogP contribution in [0.3, 0.4) is 0 Å². The average molecular weight is 332 g/mol. The molecule has 3 rings (SSSR count). The number of aliphatic hydroxyl groups is 1. The maximum absolute atomic E-state index is 11.3. The van der Waals surface area contributed by atoms with Gasteiger partial charge in [0.1, 0.15) is 5.69 Å². The molecular weight excluding hydrogens is 316 g/mol. The molecule has 0 fully saturated rings. The minimum Gasteiger partial charge on any atom is -0.466 e. The van der Waals surface area contributed by atoms with E-state index in [4.69, 9.17) is 4.74 Å². The molecule has 2 aromatic heterocycles. The number of carbonyl (C=O) groups is 1. The maximum atomic E-state index is 11.3. The van der Waals surface area contributed by atoms with Crippen molar-refractivity contribution in [2.24, 2.45) is 0 Å². The molecule has 1 N–H and O–H groups in total. The summed E-state index contributed by atoms with van der Waals surface area (Å²) < 4.78 is 7.44. The van der Waals surface area contributed by atoms with Crippen molar-refractivity contribution >= 4 is 27.5 Å². The minimum atomic E-state index is -0.857. The normalized spacial score (nSPS) is 12.4. The molecule has 23 heavy (non-hydrogen) atoms. The van der Waals surface area contributed by atoms with E-state index in [-0.39, 0.29) is 13.0 Å². The van der Waals surface area contributed by atoms with Gasteiger partial charge in [0.15, 0.2) is 0 Å². The van der Waals surface area contributed by atoms with Crippen LogP contribution in [0.1, 0.15) is 13.3 Å². The lowest BCUT2D eigenvalue weighted by atomic mass is 10.1. The molecule has 0 radical (unpaired) electrons. The molecule has 0 unspecified atom stereocenters. The molecular formula is C15H16N4O3S. The molecule has 0 spiro atoms. The lowest BCUT2D eigenvalue weighted by molar-refractivity contribution is -0.145. The zero-order valence-electron chi connectivity index (χ0n) is 12.5. The van der Waals surface area contributed by atoms with Gasteiger partial charge in [-0.25, -0.2) is 9.67 Å². The van der Waals surface area contributed by atoms with Gasteiger partial charge in [-0.15, -0.1) is 16.4 Å². The van der Waals surface area contributed by atoms with Crippen LogP contribution < -0.4 is 0 Å². The van der Waals surface area contributed by atoms with Crippen LogP contribution in [0.2, 0.25) is 0 Å². The number of esters is 1. The fraction of sp³-hybridized carbons (Fsp3) is 0.333. The van der Waals surface area contributed by atoms with Gasteiger partial charge in [-0.05, 0) is 19.1 Å². The van der Waals surface area contributed by atoms with E-state index in [1.807, 2.05) is 18.2 Å². The van der Waals surface area contributed by atoms with Gasteiger partial charge in [0.2, 0.25) is 0 Å². The van der Waals surface area contributed by atoms with Gasteiger partial charge in [-0.2, -0.15) is 0 Å². The van der Waals surface area contributed by atoms with E-state index in [0.717, 1.165) is 15.8 Å². The SMILES string of the molecule is CCOC(=O)C[C@H](O)Cn1cc(-c2ccc3scnc3c2)nn1. The Labute approximate surface area is 136 Å². The van der Waals surface area contributed by atoms with E-state index < -0.39 is 12.1 Å². The highest BCUT2D eigenvalue weighted by Gasteiger charge is 2.14.